The highest BCUT2D eigenvalue weighted by molar-refractivity contribution is 7.87. The van der Waals surface area contributed by atoms with Gasteiger partial charge in [0.15, 0.2) is 0 Å². The van der Waals surface area contributed by atoms with Gasteiger partial charge in [-0.15, -0.1) is 0 Å². The van der Waals surface area contributed by atoms with Crippen molar-refractivity contribution in [3.8, 4) is 0 Å². The quantitative estimate of drug-likeness (QED) is 0.570. The zero-order chi connectivity index (χ0) is 16.3. The van der Waals surface area contributed by atoms with Crippen LogP contribution in [0.1, 0.15) is 10.4 Å². The molecule has 2 aromatic carbocycles. The Kier molecular flexibility index (Phi) is 4.82. The van der Waals surface area contributed by atoms with Gasteiger partial charge in [-0.1, -0.05) is 17.7 Å². The third kappa shape index (κ3) is 4.05. The van der Waals surface area contributed by atoms with Gasteiger partial charge in [0.25, 0.3) is 10.1 Å². The minimum absolute atomic E-state index is 0.0400. The zero-order valence-corrected chi connectivity index (χ0v) is 12.7. The van der Waals surface area contributed by atoms with Crippen molar-refractivity contribution in [1.82, 2.24) is 0 Å². The lowest BCUT2D eigenvalue weighted by Gasteiger charge is -2.09. The fourth-order valence-electron chi connectivity index (χ4n) is 1.73. The Labute approximate surface area is 132 Å². The van der Waals surface area contributed by atoms with Gasteiger partial charge in [0, 0.05) is 22.0 Å². The number of carbonyl (C=O) groups excluding carboxylic acids is 1. The van der Waals surface area contributed by atoms with E-state index >= 15 is 0 Å². The third-order valence-electron chi connectivity index (χ3n) is 2.79. The number of Topliss-reactive ketones (excluding diaryl/α,β-unsaturated/α-hetero) is 1. The topological polar surface area (TPSA) is 104 Å². The van der Waals surface area contributed by atoms with Crippen LogP contribution in [0.3, 0.4) is 0 Å². The van der Waals surface area contributed by atoms with Crippen LogP contribution in [-0.4, -0.2) is 29.3 Å². The molecular formula is C14H12ClNO5S. The Morgan fingerprint density at radius 3 is 2.27 bits per heavy atom. The van der Waals surface area contributed by atoms with Crippen LogP contribution in [0.2, 0.25) is 5.02 Å². The molecule has 2 aromatic rings. The van der Waals surface area contributed by atoms with Crippen molar-refractivity contribution in [1.29, 1.82) is 0 Å². The number of halogens is 1. The number of aliphatic hydroxyl groups is 1. The zero-order valence-electron chi connectivity index (χ0n) is 11.1. The number of hydrogen-bond acceptors (Lipinski definition) is 5. The SMILES string of the molecule is O=C(c1ccc(Nc2cccc(Cl)c2)cc1)C(O)S(=O)(=O)O. The molecule has 0 saturated carbocycles. The average molecular weight is 342 g/mol. The van der Waals surface area contributed by atoms with Crippen LogP contribution in [0.5, 0.6) is 0 Å². The second-order valence-corrected chi connectivity index (χ2v) is 6.36. The van der Waals surface area contributed by atoms with Gasteiger partial charge in [0.2, 0.25) is 11.2 Å². The maximum Gasteiger partial charge on any atom is 0.299 e. The number of rotatable bonds is 5. The second kappa shape index (κ2) is 6.45. The summed E-state index contributed by atoms with van der Waals surface area (Å²) in [6.45, 7) is 0. The van der Waals surface area contributed by atoms with Gasteiger partial charge in [-0.25, -0.2) is 0 Å². The highest BCUT2D eigenvalue weighted by Gasteiger charge is 2.28. The van der Waals surface area contributed by atoms with E-state index in [-0.39, 0.29) is 5.56 Å². The predicted molar refractivity (Wildman–Crippen MR) is 83.1 cm³/mol. The predicted octanol–water partition coefficient (Wildman–Crippen LogP) is 2.47. The molecular weight excluding hydrogens is 330 g/mol. The molecule has 0 aliphatic carbocycles. The number of nitrogens with one attached hydrogen (secondary N) is 1. The first-order chi connectivity index (χ1) is 10.3. The third-order valence-corrected chi connectivity index (χ3v) is 3.80. The van der Waals surface area contributed by atoms with Crippen molar-refractivity contribution in [3.05, 3.63) is 59.1 Å². The number of carbonyl (C=O) groups is 1. The van der Waals surface area contributed by atoms with Gasteiger partial charge < -0.3 is 10.4 Å². The largest absolute Gasteiger partial charge is 0.369 e. The summed E-state index contributed by atoms with van der Waals surface area (Å²) in [6.07, 6.45) is 0. The summed E-state index contributed by atoms with van der Waals surface area (Å²) in [5.74, 6) is -1.10. The number of anilines is 2. The maximum absolute atomic E-state index is 11.7. The molecule has 0 aromatic heterocycles. The van der Waals surface area contributed by atoms with Gasteiger partial charge in [0.05, 0.1) is 0 Å². The van der Waals surface area contributed by atoms with E-state index in [0.717, 1.165) is 5.69 Å². The molecule has 0 bridgehead atoms. The molecule has 1 atom stereocenters. The summed E-state index contributed by atoms with van der Waals surface area (Å²) >= 11 is 5.86. The monoisotopic (exact) mass is 341 g/mol. The van der Waals surface area contributed by atoms with E-state index in [9.17, 15) is 18.3 Å². The summed E-state index contributed by atoms with van der Waals surface area (Å²) in [7, 11) is -4.84. The van der Waals surface area contributed by atoms with E-state index < -0.39 is 21.3 Å². The van der Waals surface area contributed by atoms with Crippen molar-refractivity contribution in [2.24, 2.45) is 0 Å². The first-order valence-corrected chi connectivity index (χ1v) is 7.97. The lowest BCUT2D eigenvalue weighted by molar-refractivity contribution is 0.0848. The molecule has 0 saturated heterocycles. The van der Waals surface area contributed by atoms with Gasteiger partial charge in [-0.3, -0.25) is 9.35 Å². The molecule has 0 fully saturated rings. The second-order valence-electron chi connectivity index (χ2n) is 4.44. The summed E-state index contributed by atoms with van der Waals surface area (Å²) in [4.78, 5) is 11.7. The molecule has 0 spiro atoms. The van der Waals surface area contributed by atoms with Crippen molar-refractivity contribution in [2.75, 3.05) is 5.32 Å². The number of benzene rings is 2. The van der Waals surface area contributed by atoms with Crippen LogP contribution in [0.15, 0.2) is 48.5 Å². The van der Waals surface area contributed by atoms with Crippen LogP contribution >= 0.6 is 11.6 Å². The molecule has 2 rings (SSSR count). The van der Waals surface area contributed by atoms with Crippen molar-refractivity contribution < 1.29 is 22.9 Å². The number of hydrogen-bond donors (Lipinski definition) is 3. The first-order valence-electron chi connectivity index (χ1n) is 6.08. The number of ketones is 1. The Hall–Kier alpha value is -1.93. The van der Waals surface area contributed by atoms with Crippen LogP contribution < -0.4 is 5.32 Å². The fourth-order valence-corrected chi connectivity index (χ4v) is 2.33. The Bertz CT molecular complexity index is 789. The molecule has 8 heteroatoms. The Morgan fingerprint density at radius 2 is 1.73 bits per heavy atom. The van der Waals surface area contributed by atoms with E-state index in [1.54, 1.807) is 24.3 Å². The van der Waals surface area contributed by atoms with Crippen LogP contribution in [-0.2, 0) is 10.1 Å². The molecule has 0 radical (unpaired) electrons. The highest BCUT2D eigenvalue weighted by atomic mass is 35.5. The highest BCUT2D eigenvalue weighted by Crippen LogP contribution is 2.21. The van der Waals surface area contributed by atoms with Crippen molar-refractivity contribution in [3.63, 3.8) is 0 Å². The van der Waals surface area contributed by atoms with Crippen molar-refractivity contribution in [2.45, 2.75) is 5.44 Å². The summed E-state index contributed by atoms with van der Waals surface area (Å²) in [5, 5.41) is 12.8. The van der Waals surface area contributed by atoms with E-state index in [2.05, 4.69) is 5.32 Å². The van der Waals surface area contributed by atoms with Gasteiger partial charge in [0.1, 0.15) is 0 Å². The van der Waals surface area contributed by atoms with E-state index in [4.69, 9.17) is 16.2 Å². The molecule has 0 heterocycles. The van der Waals surface area contributed by atoms with Gasteiger partial charge >= 0.3 is 0 Å². The van der Waals surface area contributed by atoms with Gasteiger partial charge in [-0.2, -0.15) is 8.42 Å². The summed E-state index contributed by atoms with van der Waals surface area (Å²) in [5.41, 5.74) is -1.15. The molecule has 6 nitrogen and oxygen atoms in total. The fraction of sp³-hybridized carbons (Fsp3) is 0.0714. The van der Waals surface area contributed by atoms with Crippen molar-refractivity contribution >= 4 is 38.9 Å². The van der Waals surface area contributed by atoms with Crippen LogP contribution in [0.25, 0.3) is 0 Å². The Morgan fingerprint density at radius 1 is 1.09 bits per heavy atom. The molecule has 116 valence electrons. The van der Waals surface area contributed by atoms with Gasteiger partial charge in [-0.05, 0) is 42.5 Å². The van der Waals surface area contributed by atoms with E-state index in [0.29, 0.717) is 10.7 Å². The standard InChI is InChI=1S/C14H12ClNO5S/c15-10-2-1-3-12(8-10)16-11-6-4-9(5-7-11)13(17)14(18)22(19,20)21/h1-8,14,16,18H,(H,19,20,21). The molecule has 22 heavy (non-hydrogen) atoms. The van der Waals surface area contributed by atoms with Crippen LogP contribution in [0, 0.1) is 0 Å². The minimum atomic E-state index is -4.84. The first kappa shape index (κ1) is 16.4. The average Bonchev–Trinajstić information content (AvgIpc) is 2.45. The maximum atomic E-state index is 11.7. The molecule has 1 unspecified atom stereocenters. The Balaban J connectivity index is 2.15. The minimum Gasteiger partial charge on any atom is -0.369 e. The van der Waals surface area contributed by atoms with Crippen LogP contribution in [0.4, 0.5) is 11.4 Å². The lowest BCUT2D eigenvalue weighted by atomic mass is 10.1. The molecule has 3 N–H and O–H groups in total. The smallest absolute Gasteiger partial charge is 0.299 e. The summed E-state index contributed by atoms with van der Waals surface area (Å²) < 4.78 is 30.2. The molecule has 0 aliphatic rings. The van der Waals surface area contributed by atoms with E-state index in [1.165, 1.54) is 24.3 Å². The number of aliphatic hydroxyl groups excluding tert-OH is 1. The lowest BCUT2D eigenvalue weighted by Crippen LogP contribution is -2.29. The summed E-state index contributed by atoms with van der Waals surface area (Å²) in [6, 6.07) is 12.7. The van der Waals surface area contributed by atoms with E-state index in [1.807, 2.05) is 0 Å². The molecule has 0 amide bonds. The normalized spacial score (nSPS) is 12.7. The molecule has 0 aliphatic heterocycles.